The molecule has 0 aromatic rings. The van der Waals surface area contributed by atoms with Crippen molar-refractivity contribution in [1.29, 1.82) is 0 Å². The topological polar surface area (TPSA) is 86.7 Å². The van der Waals surface area contributed by atoms with Crippen molar-refractivity contribution in [2.24, 2.45) is 5.92 Å². The van der Waals surface area contributed by atoms with Crippen LogP contribution in [0, 0.1) is 5.92 Å². The van der Waals surface area contributed by atoms with E-state index in [0.29, 0.717) is 5.92 Å². The van der Waals surface area contributed by atoms with E-state index < -0.39 is 16.2 Å². The molecule has 0 saturated heterocycles. The van der Waals surface area contributed by atoms with Gasteiger partial charge in [-0.15, -0.1) is 0 Å². The van der Waals surface area contributed by atoms with Crippen LogP contribution in [0.4, 0.5) is 0 Å². The van der Waals surface area contributed by atoms with Crippen LogP contribution in [0.15, 0.2) is 0 Å². The van der Waals surface area contributed by atoms with Crippen molar-refractivity contribution in [3.05, 3.63) is 0 Å². The molecule has 0 radical (unpaired) electrons. The summed E-state index contributed by atoms with van der Waals surface area (Å²) in [6.45, 7) is 2.11. The highest BCUT2D eigenvalue weighted by atomic mass is 32.2. The van der Waals surface area contributed by atoms with Crippen LogP contribution in [0.3, 0.4) is 0 Å². The third-order valence-corrected chi connectivity index (χ3v) is 4.94. The number of nitrogens with zero attached hydrogens (tertiary/aromatic N) is 1. The van der Waals surface area contributed by atoms with Gasteiger partial charge in [-0.3, -0.25) is 4.79 Å². The molecular formula is C11H22N2O4S. The van der Waals surface area contributed by atoms with Gasteiger partial charge in [0.15, 0.2) is 0 Å². The summed E-state index contributed by atoms with van der Waals surface area (Å²) < 4.78 is 27.6. The monoisotopic (exact) mass is 278 g/mol. The quantitative estimate of drug-likeness (QED) is 0.752. The van der Waals surface area contributed by atoms with Gasteiger partial charge in [0.1, 0.15) is 0 Å². The van der Waals surface area contributed by atoms with Crippen molar-refractivity contribution >= 4 is 16.2 Å². The fraction of sp³-hybridized carbons (Fsp3) is 0.909. The van der Waals surface area contributed by atoms with E-state index in [1.54, 1.807) is 0 Å². The minimum Gasteiger partial charge on any atom is -0.481 e. The van der Waals surface area contributed by atoms with Crippen molar-refractivity contribution in [2.75, 3.05) is 13.6 Å². The molecule has 0 heterocycles. The number of carboxylic acids is 1. The summed E-state index contributed by atoms with van der Waals surface area (Å²) in [7, 11) is -2.16. The van der Waals surface area contributed by atoms with E-state index in [0.717, 1.165) is 30.0 Å². The van der Waals surface area contributed by atoms with Gasteiger partial charge < -0.3 is 5.11 Å². The third-order valence-electron chi connectivity index (χ3n) is 3.30. The zero-order valence-corrected chi connectivity index (χ0v) is 11.7. The summed E-state index contributed by atoms with van der Waals surface area (Å²) in [6, 6.07) is -0.0222. The molecule has 2 atom stereocenters. The lowest BCUT2D eigenvalue weighted by molar-refractivity contribution is -0.137. The Morgan fingerprint density at radius 1 is 1.44 bits per heavy atom. The predicted octanol–water partition coefficient (Wildman–Crippen LogP) is 0.806. The second-order valence-corrected chi connectivity index (χ2v) is 6.87. The molecule has 2 unspecified atom stereocenters. The zero-order chi connectivity index (χ0) is 13.8. The molecule has 1 aliphatic rings. The van der Waals surface area contributed by atoms with E-state index >= 15 is 0 Å². The van der Waals surface area contributed by atoms with E-state index in [1.165, 1.54) is 7.05 Å². The van der Waals surface area contributed by atoms with E-state index in [1.807, 2.05) is 0 Å². The average molecular weight is 278 g/mol. The Morgan fingerprint density at radius 2 is 2.11 bits per heavy atom. The number of nitrogens with one attached hydrogen (secondary N) is 1. The van der Waals surface area contributed by atoms with Gasteiger partial charge in [-0.05, 0) is 18.8 Å². The molecule has 1 aliphatic carbocycles. The second kappa shape index (κ2) is 6.49. The van der Waals surface area contributed by atoms with Crippen molar-refractivity contribution in [3.8, 4) is 0 Å². The first kappa shape index (κ1) is 15.4. The molecule has 7 heteroatoms. The Bertz CT molecular complexity index is 383. The summed E-state index contributed by atoms with van der Waals surface area (Å²) in [6.07, 6.45) is 3.71. The molecule has 0 aromatic heterocycles. The first-order chi connectivity index (χ1) is 8.31. The predicted molar refractivity (Wildman–Crippen MR) is 68.4 cm³/mol. The van der Waals surface area contributed by atoms with E-state index in [4.69, 9.17) is 5.11 Å². The van der Waals surface area contributed by atoms with Crippen molar-refractivity contribution in [1.82, 2.24) is 9.03 Å². The molecule has 0 amide bonds. The maximum absolute atomic E-state index is 11.9. The average Bonchev–Trinajstić information content (AvgIpc) is 2.25. The van der Waals surface area contributed by atoms with Gasteiger partial charge in [-0.2, -0.15) is 17.4 Å². The number of hydrogen-bond acceptors (Lipinski definition) is 3. The minimum absolute atomic E-state index is 0.00700. The Morgan fingerprint density at radius 3 is 2.67 bits per heavy atom. The summed E-state index contributed by atoms with van der Waals surface area (Å²) in [4.78, 5) is 10.4. The Labute approximate surface area is 109 Å². The van der Waals surface area contributed by atoms with E-state index in [-0.39, 0.29) is 19.0 Å². The highest BCUT2D eigenvalue weighted by Crippen LogP contribution is 2.24. The molecule has 1 saturated carbocycles. The smallest absolute Gasteiger partial charge is 0.304 e. The number of carbonyl (C=O) groups is 1. The van der Waals surface area contributed by atoms with Crippen LogP contribution in [0.25, 0.3) is 0 Å². The van der Waals surface area contributed by atoms with Crippen LogP contribution in [0.5, 0.6) is 0 Å². The molecule has 106 valence electrons. The summed E-state index contributed by atoms with van der Waals surface area (Å²) in [5.41, 5.74) is 0. The number of aliphatic carboxylic acids is 1. The van der Waals surface area contributed by atoms with Crippen LogP contribution >= 0.6 is 0 Å². The molecule has 0 aliphatic heterocycles. The number of rotatable bonds is 6. The highest BCUT2D eigenvalue weighted by Gasteiger charge is 2.26. The van der Waals surface area contributed by atoms with Gasteiger partial charge in [0.05, 0.1) is 6.42 Å². The number of hydrogen-bond donors (Lipinski definition) is 2. The fourth-order valence-electron chi connectivity index (χ4n) is 2.22. The van der Waals surface area contributed by atoms with Gasteiger partial charge in [-0.1, -0.05) is 19.8 Å². The second-order valence-electron chi connectivity index (χ2n) is 5.06. The Kier molecular flexibility index (Phi) is 5.55. The first-order valence-electron chi connectivity index (χ1n) is 6.26. The fourth-order valence-corrected chi connectivity index (χ4v) is 3.36. The Hall–Kier alpha value is -0.660. The van der Waals surface area contributed by atoms with Gasteiger partial charge in [-0.25, -0.2) is 0 Å². The van der Waals surface area contributed by atoms with Crippen LogP contribution in [-0.2, 0) is 15.0 Å². The zero-order valence-electron chi connectivity index (χ0n) is 10.9. The SMILES string of the molecule is CC1CCCC(NS(=O)(=O)N(C)CCC(=O)O)C1. The van der Waals surface area contributed by atoms with Crippen LogP contribution < -0.4 is 4.72 Å². The number of carboxylic acid groups (broad SMARTS) is 1. The lowest BCUT2D eigenvalue weighted by Gasteiger charge is -2.29. The third kappa shape index (κ3) is 4.91. The van der Waals surface area contributed by atoms with E-state index in [2.05, 4.69) is 11.6 Å². The molecular weight excluding hydrogens is 256 g/mol. The van der Waals surface area contributed by atoms with Gasteiger partial charge >= 0.3 is 5.97 Å². The summed E-state index contributed by atoms with van der Waals surface area (Å²) >= 11 is 0. The summed E-state index contributed by atoms with van der Waals surface area (Å²) in [5.74, 6) is -0.459. The van der Waals surface area contributed by atoms with E-state index in [9.17, 15) is 13.2 Å². The standard InChI is InChI=1S/C11H22N2O4S/c1-9-4-3-5-10(8-9)12-18(16,17)13(2)7-6-11(14)15/h9-10,12H,3-8H2,1-2H3,(H,14,15). The van der Waals surface area contributed by atoms with Crippen LogP contribution in [0.2, 0.25) is 0 Å². The molecule has 18 heavy (non-hydrogen) atoms. The normalized spacial score (nSPS) is 25.3. The van der Waals surface area contributed by atoms with Crippen molar-refractivity contribution in [3.63, 3.8) is 0 Å². The molecule has 2 N–H and O–H groups in total. The maximum Gasteiger partial charge on any atom is 0.304 e. The van der Waals surface area contributed by atoms with Gasteiger partial charge in [0.2, 0.25) is 0 Å². The molecule has 0 spiro atoms. The molecule has 6 nitrogen and oxygen atoms in total. The Balaban J connectivity index is 2.49. The maximum atomic E-state index is 11.9. The van der Waals surface area contributed by atoms with Crippen LogP contribution in [-0.4, -0.2) is 43.4 Å². The lowest BCUT2D eigenvalue weighted by atomic mass is 9.88. The lowest BCUT2D eigenvalue weighted by Crippen LogP contribution is -2.45. The molecule has 0 bridgehead atoms. The highest BCUT2D eigenvalue weighted by molar-refractivity contribution is 7.87. The van der Waals surface area contributed by atoms with Crippen molar-refractivity contribution in [2.45, 2.75) is 45.1 Å². The van der Waals surface area contributed by atoms with Crippen molar-refractivity contribution < 1.29 is 18.3 Å². The molecule has 1 fully saturated rings. The first-order valence-corrected chi connectivity index (χ1v) is 7.70. The van der Waals surface area contributed by atoms with Gasteiger partial charge in [0.25, 0.3) is 10.2 Å². The summed E-state index contributed by atoms with van der Waals surface area (Å²) in [5, 5.41) is 8.54. The molecule has 0 aromatic carbocycles. The minimum atomic E-state index is -3.56. The largest absolute Gasteiger partial charge is 0.481 e. The van der Waals surface area contributed by atoms with Crippen LogP contribution in [0.1, 0.15) is 39.0 Å². The van der Waals surface area contributed by atoms with Gasteiger partial charge in [0, 0.05) is 19.6 Å². The molecule has 1 rings (SSSR count).